The summed E-state index contributed by atoms with van der Waals surface area (Å²) in [7, 11) is 1.67. The minimum atomic E-state index is 0.208. The summed E-state index contributed by atoms with van der Waals surface area (Å²) in [4.78, 5) is 0. The highest BCUT2D eigenvalue weighted by atomic mass is 16.5. The first-order valence-corrected chi connectivity index (χ1v) is 9.15. The molecule has 23 heavy (non-hydrogen) atoms. The highest BCUT2D eigenvalue weighted by Crippen LogP contribution is 2.59. The molecule has 1 saturated carbocycles. The first kappa shape index (κ1) is 16.7. The Labute approximate surface area is 141 Å². The van der Waals surface area contributed by atoms with Crippen LogP contribution in [0.25, 0.3) is 0 Å². The van der Waals surface area contributed by atoms with Gasteiger partial charge in [0, 0.05) is 5.56 Å². The Kier molecular flexibility index (Phi) is 3.93. The number of aromatic hydroxyl groups is 1. The van der Waals surface area contributed by atoms with Crippen LogP contribution < -0.4 is 4.74 Å². The normalized spacial score (nSPS) is 29.1. The third kappa shape index (κ3) is 2.37. The molecule has 2 nitrogen and oxygen atoms in total. The standard InChI is InChI=1S/C21H32O2/c1-13(2)18-14-8-9-17-20(3,4)10-7-11-21(17,5)15(14)12-16(23-6)19(18)22/h12-13,17,22H,7-11H2,1-6H3. The predicted octanol–water partition coefficient (Wildman–Crippen LogP) is 5.55. The number of methoxy groups -OCH3 is 1. The fraction of sp³-hybridized carbons (Fsp3) is 0.714. The topological polar surface area (TPSA) is 29.5 Å². The lowest BCUT2D eigenvalue weighted by atomic mass is 9.50. The zero-order valence-electron chi connectivity index (χ0n) is 15.6. The van der Waals surface area contributed by atoms with Crippen LogP contribution in [0.5, 0.6) is 11.5 Å². The predicted molar refractivity (Wildman–Crippen MR) is 95.5 cm³/mol. The molecule has 0 amide bonds. The van der Waals surface area contributed by atoms with Crippen molar-refractivity contribution in [2.75, 3.05) is 7.11 Å². The number of hydrogen-bond donors (Lipinski definition) is 1. The molecule has 2 unspecified atom stereocenters. The van der Waals surface area contributed by atoms with Crippen LogP contribution in [-0.4, -0.2) is 12.2 Å². The molecule has 1 fully saturated rings. The highest BCUT2D eigenvalue weighted by Gasteiger charge is 2.50. The molecule has 3 rings (SSSR count). The van der Waals surface area contributed by atoms with Crippen LogP contribution in [0, 0.1) is 11.3 Å². The van der Waals surface area contributed by atoms with Gasteiger partial charge in [-0.2, -0.15) is 0 Å². The summed E-state index contributed by atoms with van der Waals surface area (Å²) in [5.74, 6) is 2.04. The van der Waals surface area contributed by atoms with Gasteiger partial charge in [0.15, 0.2) is 11.5 Å². The van der Waals surface area contributed by atoms with Crippen LogP contribution in [0.4, 0.5) is 0 Å². The number of fused-ring (bicyclic) bond motifs is 3. The lowest BCUT2D eigenvalue weighted by Crippen LogP contribution is -2.48. The smallest absolute Gasteiger partial charge is 0.161 e. The lowest BCUT2D eigenvalue weighted by molar-refractivity contribution is 0.0403. The Hall–Kier alpha value is -1.18. The first-order valence-electron chi connectivity index (χ1n) is 9.15. The van der Waals surface area contributed by atoms with Crippen molar-refractivity contribution in [1.82, 2.24) is 0 Å². The van der Waals surface area contributed by atoms with E-state index in [1.807, 2.05) is 0 Å². The molecule has 1 aromatic carbocycles. The zero-order valence-corrected chi connectivity index (χ0v) is 15.6. The van der Waals surface area contributed by atoms with Crippen molar-refractivity contribution in [3.63, 3.8) is 0 Å². The number of rotatable bonds is 2. The minimum Gasteiger partial charge on any atom is -0.504 e. The average Bonchev–Trinajstić information content (AvgIpc) is 2.45. The van der Waals surface area contributed by atoms with Gasteiger partial charge in [-0.3, -0.25) is 0 Å². The number of ether oxygens (including phenoxy) is 1. The van der Waals surface area contributed by atoms with Gasteiger partial charge in [0.1, 0.15) is 0 Å². The molecule has 0 heterocycles. The van der Waals surface area contributed by atoms with Crippen LogP contribution in [0.1, 0.15) is 82.9 Å². The molecular weight excluding hydrogens is 284 g/mol. The molecule has 1 N–H and O–H groups in total. The third-order valence-electron chi connectivity index (χ3n) is 6.74. The van der Waals surface area contributed by atoms with E-state index in [0.717, 1.165) is 12.0 Å². The molecule has 2 aliphatic carbocycles. The first-order chi connectivity index (χ1) is 10.7. The Balaban J connectivity index is 2.24. The summed E-state index contributed by atoms with van der Waals surface area (Å²) in [6.07, 6.45) is 6.19. The van der Waals surface area contributed by atoms with Gasteiger partial charge >= 0.3 is 0 Å². The molecule has 128 valence electrons. The number of phenols is 1. The van der Waals surface area contributed by atoms with Gasteiger partial charge in [-0.05, 0) is 65.5 Å². The monoisotopic (exact) mass is 316 g/mol. The van der Waals surface area contributed by atoms with Crippen molar-refractivity contribution >= 4 is 0 Å². The molecular formula is C21H32O2. The van der Waals surface area contributed by atoms with E-state index in [4.69, 9.17) is 4.74 Å². The van der Waals surface area contributed by atoms with Crippen molar-refractivity contribution in [3.8, 4) is 11.5 Å². The van der Waals surface area contributed by atoms with Gasteiger partial charge < -0.3 is 9.84 Å². The molecule has 1 aromatic rings. The van der Waals surface area contributed by atoms with Gasteiger partial charge in [-0.25, -0.2) is 0 Å². The Morgan fingerprint density at radius 1 is 1.22 bits per heavy atom. The van der Waals surface area contributed by atoms with Crippen LogP contribution in [0.3, 0.4) is 0 Å². The Morgan fingerprint density at radius 3 is 2.52 bits per heavy atom. The second kappa shape index (κ2) is 5.43. The maximum absolute atomic E-state index is 10.7. The van der Waals surface area contributed by atoms with Gasteiger partial charge in [0.25, 0.3) is 0 Å². The maximum Gasteiger partial charge on any atom is 0.161 e. The van der Waals surface area contributed by atoms with Crippen molar-refractivity contribution in [2.24, 2.45) is 11.3 Å². The van der Waals surface area contributed by atoms with Gasteiger partial charge in [-0.1, -0.05) is 41.0 Å². The van der Waals surface area contributed by atoms with E-state index in [1.54, 1.807) is 7.11 Å². The summed E-state index contributed by atoms with van der Waals surface area (Å²) < 4.78 is 5.53. The van der Waals surface area contributed by atoms with E-state index < -0.39 is 0 Å². The highest BCUT2D eigenvalue weighted by molar-refractivity contribution is 5.58. The van der Waals surface area contributed by atoms with Crippen molar-refractivity contribution < 1.29 is 9.84 Å². The molecule has 2 heteroatoms. The summed E-state index contributed by atoms with van der Waals surface area (Å²) in [5.41, 5.74) is 4.56. The van der Waals surface area contributed by atoms with E-state index in [2.05, 4.69) is 40.7 Å². The SMILES string of the molecule is COc1cc2c(c(C(C)C)c1O)CCC1C(C)(C)CCCC21C. The molecule has 0 bridgehead atoms. The third-order valence-corrected chi connectivity index (χ3v) is 6.74. The number of phenolic OH excluding ortho intramolecular Hbond substituents is 1. The summed E-state index contributed by atoms with van der Waals surface area (Å²) in [6.45, 7) is 11.7. The molecule has 0 radical (unpaired) electrons. The summed E-state index contributed by atoms with van der Waals surface area (Å²) >= 11 is 0. The fourth-order valence-corrected chi connectivity index (χ4v) is 5.71. The van der Waals surface area contributed by atoms with Crippen LogP contribution in [0.15, 0.2) is 6.07 Å². The quantitative estimate of drug-likeness (QED) is 0.774. The second-order valence-electron chi connectivity index (χ2n) is 8.87. The van der Waals surface area contributed by atoms with Crippen LogP contribution in [-0.2, 0) is 11.8 Å². The zero-order chi connectivity index (χ0) is 17.0. The van der Waals surface area contributed by atoms with E-state index in [-0.39, 0.29) is 5.41 Å². The molecule has 0 aromatic heterocycles. The van der Waals surface area contributed by atoms with Gasteiger partial charge in [0.2, 0.25) is 0 Å². The molecule has 2 atom stereocenters. The number of benzene rings is 1. The maximum atomic E-state index is 10.7. The molecule has 0 saturated heterocycles. The number of hydrogen-bond acceptors (Lipinski definition) is 2. The molecule has 0 aliphatic heterocycles. The summed E-state index contributed by atoms with van der Waals surface area (Å²) in [5, 5.41) is 10.7. The van der Waals surface area contributed by atoms with Crippen molar-refractivity contribution in [1.29, 1.82) is 0 Å². The molecule has 0 spiro atoms. The van der Waals surface area contributed by atoms with E-state index in [0.29, 0.717) is 28.7 Å². The van der Waals surface area contributed by atoms with Gasteiger partial charge in [-0.15, -0.1) is 0 Å². The average molecular weight is 316 g/mol. The molecule has 2 aliphatic rings. The van der Waals surface area contributed by atoms with E-state index in [1.165, 1.54) is 36.8 Å². The van der Waals surface area contributed by atoms with Crippen molar-refractivity contribution in [2.45, 2.75) is 78.1 Å². The van der Waals surface area contributed by atoms with Crippen molar-refractivity contribution in [3.05, 3.63) is 22.8 Å². The van der Waals surface area contributed by atoms with Gasteiger partial charge in [0.05, 0.1) is 7.11 Å². The largest absolute Gasteiger partial charge is 0.504 e. The van der Waals surface area contributed by atoms with Crippen LogP contribution >= 0.6 is 0 Å². The minimum absolute atomic E-state index is 0.208. The van der Waals surface area contributed by atoms with E-state index >= 15 is 0 Å². The fourth-order valence-electron chi connectivity index (χ4n) is 5.71. The Morgan fingerprint density at radius 2 is 1.91 bits per heavy atom. The Bertz CT molecular complexity index is 615. The lowest BCUT2D eigenvalue weighted by Gasteiger charge is -2.54. The van der Waals surface area contributed by atoms with E-state index in [9.17, 15) is 5.11 Å². The summed E-state index contributed by atoms with van der Waals surface area (Å²) in [6, 6.07) is 2.14. The van der Waals surface area contributed by atoms with Crippen LogP contribution in [0.2, 0.25) is 0 Å². The second-order valence-corrected chi connectivity index (χ2v) is 8.87.